The van der Waals surface area contributed by atoms with Crippen molar-refractivity contribution in [2.45, 2.75) is 18.9 Å². The number of rotatable bonds is 2. The Labute approximate surface area is 134 Å². The summed E-state index contributed by atoms with van der Waals surface area (Å²) in [5.74, 6) is -3.92. The lowest BCUT2D eigenvalue weighted by Crippen LogP contribution is -2.19. The van der Waals surface area contributed by atoms with Gasteiger partial charge in [-0.2, -0.15) is 0 Å². The molecule has 1 aliphatic carbocycles. The molecule has 123 valence electrons. The summed E-state index contributed by atoms with van der Waals surface area (Å²) in [6.07, 6.45) is 2.69. The molecule has 4 nitrogen and oxygen atoms in total. The first-order valence-electron chi connectivity index (χ1n) is 5.87. The first-order chi connectivity index (χ1) is 9.41. The van der Waals surface area contributed by atoms with Crippen LogP contribution in [0.3, 0.4) is 0 Å². The molecule has 1 saturated carbocycles. The number of aromatic carboxylic acids is 1. The van der Waals surface area contributed by atoms with E-state index in [1.54, 1.807) is 0 Å². The minimum atomic E-state index is -1.41. The van der Waals surface area contributed by atoms with Crippen molar-refractivity contribution in [1.82, 2.24) is 4.57 Å². The van der Waals surface area contributed by atoms with Gasteiger partial charge < -0.3 is 9.67 Å². The minimum Gasteiger partial charge on any atom is -0.477 e. The quantitative estimate of drug-likeness (QED) is 0.515. The number of pyridine rings is 1. The van der Waals surface area contributed by atoms with Crippen molar-refractivity contribution < 1.29 is 28.1 Å². The molecular weight excluding hydrogens is 340 g/mol. The van der Waals surface area contributed by atoms with E-state index in [1.165, 1.54) is 4.57 Å². The smallest absolute Gasteiger partial charge is 0.341 e. The lowest BCUT2D eigenvalue weighted by Gasteiger charge is -2.13. The van der Waals surface area contributed by atoms with Crippen molar-refractivity contribution in [1.29, 1.82) is 0 Å². The van der Waals surface area contributed by atoms with Crippen molar-refractivity contribution in [3.05, 3.63) is 44.7 Å². The van der Waals surface area contributed by atoms with Crippen molar-refractivity contribution >= 4 is 36.9 Å². The van der Waals surface area contributed by atoms with E-state index in [0.717, 1.165) is 19.0 Å². The Morgan fingerprint density at radius 1 is 1.30 bits per heavy atom. The van der Waals surface area contributed by atoms with E-state index in [-0.39, 0.29) is 34.8 Å². The SMILES string of the molecule is F.F.O=C(O)c1cn(C2CC2)c2c(Cl)c(F)c(F)cc2c1=O.[B]. The lowest BCUT2D eigenvalue weighted by molar-refractivity contribution is 0.0695. The highest BCUT2D eigenvalue weighted by molar-refractivity contribution is 6.35. The number of nitrogens with zero attached hydrogens (tertiary/aromatic N) is 1. The number of aromatic nitrogens is 1. The fraction of sp³-hybridized carbons (Fsp3) is 0.231. The average Bonchev–Trinajstić information content (AvgIpc) is 3.21. The van der Waals surface area contributed by atoms with Gasteiger partial charge in [-0.15, -0.1) is 0 Å². The number of fused-ring (bicyclic) bond motifs is 1. The average molecular weight is 350 g/mol. The molecule has 1 fully saturated rings. The summed E-state index contributed by atoms with van der Waals surface area (Å²) in [7, 11) is 0. The van der Waals surface area contributed by atoms with E-state index in [4.69, 9.17) is 16.7 Å². The van der Waals surface area contributed by atoms with Crippen LogP contribution in [0.25, 0.3) is 10.9 Å². The molecule has 3 radical (unpaired) electrons. The third-order valence-electron chi connectivity index (χ3n) is 3.32. The molecule has 0 aliphatic heterocycles. The van der Waals surface area contributed by atoms with Gasteiger partial charge in [-0.05, 0) is 18.9 Å². The first kappa shape index (κ1) is 21.0. The number of hydrogen-bond acceptors (Lipinski definition) is 2. The summed E-state index contributed by atoms with van der Waals surface area (Å²) < 4.78 is 28.4. The molecule has 1 aliphatic rings. The number of carboxylic acids is 1. The molecule has 0 saturated heterocycles. The monoisotopic (exact) mass is 350 g/mol. The third-order valence-corrected chi connectivity index (χ3v) is 3.67. The Morgan fingerprint density at radius 3 is 2.35 bits per heavy atom. The molecule has 2 aromatic rings. The van der Waals surface area contributed by atoms with Gasteiger partial charge in [-0.25, -0.2) is 13.6 Å². The zero-order valence-corrected chi connectivity index (χ0v) is 12.1. The van der Waals surface area contributed by atoms with E-state index in [9.17, 15) is 18.4 Å². The van der Waals surface area contributed by atoms with Crippen LogP contribution >= 0.6 is 11.6 Å². The van der Waals surface area contributed by atoms with E-state index >= 15 is 0 Å². The second-order valence-corrected chi connectivity index (χ2v) is 5.08. The van der Waals surface area contributed by atoms with Crippen LogP contribution in [0.4, 0.5) is 18.2 Å². The first-order valence-corrected chi connectivity index (χ1v) is 6.25. The lowest BCUT2D eigenvalue weighted by atomic mass is 10.1. The van der Waals surface area contributed by atoms with Crippen LogP contribution in [0.1, 0.15) is 29.2 Å². The number of halogens is 5. The summed E-state index contributed by atoms with van der Waals surface area (Å²) in [6, 6.07) is 0.656. The molecule has 1 heterocycles. The van der Waals surface area contributed by atoms with Crippen LogP contribution < -0.4 is 5.43 Å². The third kappa shape index (κ3) is 3.19. The van der Waals surface area contributed by atoms with Gasteiger partial charge in [0.15, 0.2) is 11.6 Å². The molecule has 23 heavy (non-hydrogen) atoms. The topological polar surface area (TPSA) is 59.3 Å². The van der Waals surface area contributed by atoms with Crippen molar-refractivity contribution in [2.24, 2.45) is 0 Å². The van der Waals surface area contributed by atoms with Crippen LogP contribution in [-0.2, 0) is 0 Å². The molecule has 0 unspecified atom stereocenters. The highest BCUT2D eigenvalue weighted by atomic mass is 35.5. The highest BCUT2D eigenvalue weighted by Crippen LogP contribution is 2.39. The Morgan fingerprint density at radius 2 is 1.87 bits per heavy atom. The van der Waals surface area contributed by atoms with E-state index in [2.05, 4.69) is 0 Å². The van der Waals surface area contributed by atoms with Crippen molar-refractivity contribution in [2.75, 3.05) is 0 Å². The number of carboxylic acid groups (broad SMARTS) is 1. The van der Waals surface area contributed by atoms with Crippen LogP contribution in [0, 0.1) is 11.6 Å². The van der Waals surface area contributed by atoms with Gasteiger partial charge in [0, 0.05) is 20.7 Å². The molecule has 10 heteroatoms. The standard InChI is InChI=1S/C13H8ClF2NO3.B.2FH/c14-9-10(16)8(15)3-6-11(9)17(5-1-2-5)4-7(12(6)18)13(19)20;;;/h3-5H,1-2H2,(H,19,20);;2*1H. The van der Waals surface area contributed by atoms with Crippen LogP contribution in [0.2, 0.25) is 5.02 Å². The molecule has 0 atom stereocenters. The Balaban J connectivity index is 0.00000161. The zero-order chi connectivity index (χ0) is 14.6. The molecule has 0 spiro atoms. The van der Waals surface area contributed by atoms with Gasteiger partial charge in [0.05, 0.1) is 10.9 Å². The van der Waals surface area contributed by atoms with Gasteiger partial charge in [0.1, 0.15) is 10.6 Å². The molecule has 0 amide bonds. The van der Waals surface area contributed by atoms with Crippen molar-refractivity contribution in [3.8, 4) is 0 Å². The van der Waals surface area contributed by atoms with E-state index in [0.29, 0.717) is 6.07 Å². The molecule has 3 rings (SSSR count). The van der Waals surface area contributed by atoms with Gasteiger partial charge in [-0.3, -0.25) is 14.2 Å². The van der Waals surface area contributed by atoms with Crippen LogP contribution in [0.5, 0.6) is 0 Å². The van der Waals surface area contributed by atoms with Gasteiger partial charge in [-0.1, -0.05) is 11.6 Å². The Bertz CT molecular complexity index is 823. The molecular formula is C13H10BClF4NO3. The zero-order valence-electron chi connectivity index (χ0n) is 11.4. The maximum absolute atomic E-state index is 13.6. The predicted molar refractivity (Wildman–Crippen MR) is 79.1 cm³/mol. The number of hydrogen-bond donors (Lipinski definition) is 1. The molecule has 0 bridgehead atoms. The summed E-state index contributed by atoms with van der Waals surface area (Å²) in [4.78, 5) is 23.1. The fourth-order valence-electron chi connectivity index (χ4n) is 2.21. The van der Waals surface area contributed by atoms with Gasteiger partial charge in [0.25, 0.3) is 0 Å². The maximum Gasteiger partial charge on any atom is 0.341 e. The highest BCUT2D eigenvalue weighted by Gasteiger charge is 2.29. The predicted octanol–water partition coefficient (Wildman–Crippen LogP) is 2.89. The fourth-order valence-corrected chi connectivity index (χ4v) is 2.50. The second kappa shape index (κ2) is 7.03. The Kier molecular flexibility index (Phi) is 6.42. The number of benzene rings is 1. The molecule has 1 aromatic carbocycles. The summed E-state index contributed by atoms with van der Waals surface area (Å²) in [6.45, 7) is 0. The number of carbonyl (C=O) groups is 1. The minimum absolute atomic E-state index is 0. The summed E-state index contributed by atoms with van der Waals surface area (Å²) in [5.41, 5.74) is -1.31. The van der Waals surface area contributed by atoms with E-state index in [1.807, 2.05) is 0 Å². The molecule has 1 N–H and O–H groups in total. The van der Waals surface area contributed by atoms with E-state index < -0.39 is 33.6 Å². The largest absolute Gasteiger partial charge is 0.477 e. The second-order valence-electron chi connectivity index (χ2n) is 4.70. The normalized spacial score (nSPS) is 12.8. The van der Waals surface area contributed by atoms with Gasteiger partial charge >= 0.3 is 5.97 Å². The van der Waals surface area contributed by atoms with Crippen LogP contribution in [-0.4, -0.2) is 24.1 Å². The maximum atomic E-state index is 13.6. The summed E-state index contributed by atoms with van der Waals surface area (Å²) >= 11 is 5.79. The van der Waals surface area contributed by atoms with Crippen LogP contribution in [0.15, 0.2) is 17.1 Å². The molecule has 1 aromatic heterocycles. The van der Waals surface area contributed by atoms with Gasteiger partial charge in [0.2, 0.25) is 5.43 Å². The summed E-state index contributed by atoms with van der Waals surface area (Å²) in [5, 5.41) is 8.31. The Hall–Kier alpha value is -2.03. The van der Waals surface area contributed by atoms with Crippen molar-refractivity contribution in [3.63, 3.8) is 0 Å².